The van der Waals surface area contributed by atoms with Gasteiger partial charge < -0.3 is 40.0 Å². The highest BCUT2D eigenvalue weighted by Gasteiger charge is 2.50. The lowest BCUT2D eigenvalue weighted by Crippen LogP contribution is -2.62. The molecule has 8 nitrogen and oxygen atoms in total. The number of aliphatic hydroxyl groups is 4. The topological polar surface area (TPSA) is 121 Å². The highest BCUT2D eigenvalue weighted by molar-refractivity contribution is 5.00. The van der Waals surface area contributed by atoms with Crippen molar-refractivity contribution >= 4 is 0 Å². The molecule has 12 atom stereocenters. The predicted octanol–water partition coefficient (Wildman–Crippen LogP) is 1.18. The van der Waals surface area contributed by atoms with Gasteiger partial charge in [-0.15, -0.1) is 0 Å². The molecule has 0 bridgehead atoms. The van der Waals surface area contributed by atoms with E-state index in [0.717, 1.165) is 38.6 Å². The van der Waals surface area contributed by atoms with Gasteiger partial charge in [0.15, 0.2) is 6.29 Å². The van der Waals surface area contributed by atoms with E-state index in [9.17, 15) is 20.4 Å². The van der Waals surface area contributed by atoms with Gasteiger partial charge in [-0.05, 0) is 50.5 Å². The average molecular weight is 460 g/mol. The zero-order chi connectivity index (χ0) is 23.4. The van der Waals surface area contributed by atoms with E-state index in [4.69, 9.17) is 14.2 Å². The minimum atomic E-state index is -1.03. The molecule has 1 saturated carbocycles. The molecule has 8 heteroatoms. The molecule has 0 amide bonds. The molecule has 0 spiro atoms. The minimum Gasteiger partial charge on any atom is -0.394 e. The van der Waals surface area contributed by atoms with Crippen molar-refractivity contribution < 1.29 is 34.6 Å². The summed E-state index contributed by atoms with van der Waals surface area (Å²) < 4.78 is 18.4. The quantitative estimate of drug-likeness (QED) is 0.367. The summed E-state index contributed by atoms with van der Waals surface area (Å²) in [5.74, 6) is 0.515. The van der Waals surface area contributed by atoms with Gasteiger partial charge in [-0.3, -0.25) is 0 Å². The first-order chi connectivity index (χ1) is 15.3. The zero-order valence-electron chi connectivity index (χ0n) is 20.1. The van der Waals surface area contributed by atoms with E-state index in [0.29, 0.717) is 5.92 Å². The highest BCUT2D eigenvalue weighted by Crippen LogP contribution is 2.42. The van der Waals surface area contributed by atoms with Gasteiger partial charge in [-0.1, -0.05) is 27.7 Å². The van der Waals surface area contributed by atoms with Crippen molar-refractivity contribution in [3.05, 3.63) is 0 Å². The minimum absolute atomic E-state index is 0.0406. The molecule has 0 radical (unpaired) electrons. The third kappa shape index (κ3) is 5.84. The van der Waals surface area contributed by atoms with Crippen LogP contribution < -0.4 is 5.32 Å². The van der Waals surface area contributed by atoms with E-state index in [2.05, 4.69) is 33.0 Å². The third-order valence-electron chi connectivity index (χ3n) is 7.76. The highest BCUT2D eigenvalue weighted by atomic mass is 16.7. The summed E-state index contributed by atoms with van der Waals surface area (Å²) in [7, 11) is 0. The monoisotopic (exact) mass is 459 g/mol. The van der Waals surface area contributed by atoms with Gasteiger partial charge >= 0.3 is 0 Å². The van der Waals surface area contributed by atoms with Crippen LogP contribution in [0.3, 0.4) is 0 Å². The van der Waals surface area contributed by atoms with Crippen LogP contribution in [0.15, 0.2) is 0 Å². The maximum atomic E-state index is 11.6. The van der Waals surface area contributed by atoms with E-state index < -0.39 is 36.8 Å². The Bertz CT molecular complexity index is 566. The third-order valence-corrected chi connectivity index (χ3v) is 7.76. The van der Waals surface area contributed by atoms with Gasteiger partial charge in [0.25, 0.3) is 0 Å². The molecule has 3 rings (SSSR count). The maximum Gasteiger partial charge on any atom is 0.184 e. The standard InChI is InChI=1S/C24H45NO7/c1-5-9-25-16-10-14(4)20(22-13(3)7-8-15(6-2)30-22)21(29)23(16)32-24-18(28)11-17(27)19(12-26)31-24/h13-29H,5-12H2,1-4H3. The zero-order valence-corrected chi connectivity index (χ0v) is 20.1. The Kier molecular flexibility index (Phi) is 9.77. The number of ether oxygens (including phenoxy) is 3. The second-order valence-corrected chi connectivity index (χ2v) is 10.2. The van der Waals surface area contributed by atoms with Crippen LogP contribution >= 0.6 is 0 Å². The van der Waals surface area contributed by atoms with Crippen molar-refractivity contribution in [2.75, 3.05) is 13.2 Å². The van der Waals surface area contributed by atoms with E-state index in [1.807, 2.05) is 0 Å². The normalized spacial score (nSPS) is 48.0. The van der Waals surface area contributed by atoms with Crippen molar-refractivity contribution in [3.8, 4) is 0 Å². The van der Waals surface area contributed by atoms with Crippen molar-refractivity contribution in [2.45, 2.75) is 121 Å². The molecule has 12 unspecified atom stereocenters. The fraction of sp³-hybridized carbons (Fsp3) is 1.00. The lowest BCUT2D eigenvalue weighted by molar-refractivity contribution is -0.304. The Morgan fingerprint density at radius 1 is 0.969 bits per heavy atom. The second kappa shape index (κ2) is 11.9. The van der Waals surface area contributed by atoms with Crippen LogP contribution in [0.4, 0.5) is 0 Å². The van der Waals surface area contributed by atoms with Crippen LogP contribution in [0.1, 0.15) is 66.2 Å². The first-order valence-electron chi connectivity index (χ1n) is 12.6. The molecule has 1 aliphatic carbocycles. The molecular weight excluding hydrogens is 414 g/mol. The van der Waals surface area contributed by atoms with Crippen molar-refractivity contribution in [1.29, 1.82) is 0 Å². The summed E-state index contributed by atoms with van der Waals surface area (Å²) in [5, 5.41) is 45.2. The molecule has 3 fully saturated rings. The SMILES string of the molecule is CCCNC1CC(C)C(C2OC(CC)CCC2C)C(O)C1OC1OC(CO)C(O)CC1O. The fourth-order valence-corrected chi connectivity index (χ4v) is 5.82. The first kappa shape index (κ1) is 26.3. The summed E-state index contributed by atoms with van der Waals surface area (Å²) >= 11 is 0. The Hall–Kier alpha value is -0.320. The van der Waals surface area contributed by atoms with Gasteiger partial charge in [0, 0.05) is 18.4 Å². The van der Waals surface area contributed by atoms with E-state index >= 15 is 0 Å². The van der Waals surface area contributed by atoms with E-state index in [-0.39, 0.29) is 43.1 Å². The van der Waals surface area contributed by atoms with Crippen molar-refractivity contribution in [1.82, 2.24) is 5.32 Å². The summed E-state index contributed by atoms with van der Waals surface area (Å²) in [6.07, 6.45) is -0.0410. The van der Waals surface area contributed by atoms with Gasteiger partial charge in [0.1, 0.15) is 18.3 Å². The van der Waals surface area contributed by atoms with Crippen LogP contribution in [0.25, 0.3) is 0 Å². The molecule has 188 valence electrons. The molecule has 0 aromatic heterocycles. The molecule has 2 saturated heterocycles. The van der Waals surface area contributed by atoms with Gasteiger partial charge in [-0.25, -0.2) is 0 Å². The lowest BCUT2D eigenvalue weighted by atomic mass is 9.68. The largest absolute Gasteiger partial charge is 0.394 e. The molecule has 32 heavy (non-hydrogen) atoms. The van der Waals surface area contributed by atoms with Crippen LogP contribution in [-0.4, -0.2) is 88.6 Å². The molecule has 2 heterocycles. The summed E-state index contributed by atoms with van der Waals surface area (Å²) in [6, 6.07) is -0.0905. The number of rotatable bonds is 8. The molecule has 3 aliphatic rings. The summed E-state index contributed by atoms with van der Waals surface area (Å²) in [5.41, 5.74) is 0. The molecule has 5 N–H and O–H groups in total. The molecular formula is C24H45NO7. The number of nitrogens with one attached hydrogen (secondary N) is 1. The molecule has 2 aliphatic heterocycles. The van der Waals surface area contributed by atoms with Crippen LogP contribution in [0.5, 0.6) is 0 Å². The van der Waals surface area contributed by atoms with Gasteiger partial charge in [0.2, 0.25) is 0 Å². The van der Waals surface area contributed by atoms with Crippen molar-refractivity contribution in [2.24, 2.45) is 17.8 Å². The number of aliphatic hydroxyl groups excluding tert-OH is 4. The summed E-state index contributed by atoms with van der Waals surface area (Å²) in [6.45, 7) is 9.06. The van der Waals surface area contributed by atoms with Crippen molar-refractivity contribution in [3.63, 3.8) is 0 Å². The summed E-state index contributed by atoms with van der Waals surface area (Å²) in [4.78, 5) is 0. The van der Waals surface area contributed by atoms with Crippen LogP contribution in [0, 0.1) is 17.8 Å². The Morgan fingerprint density at radius 2 is 1.72 bits per heavy atom. The van der Waals surface area contributed by atoms with E-state index in [1.54, 1.807) is 0 Å². The lowest BCUT2D eigenvalue weighted by Gasteiger charge is -2.51. The Morgan fingerprint density at radius 3 is 2.38 bits per heavy atom. The maximum absolute atomic E-state index is 11.6. The van der Waals surface area contributed by atoms with Gasteiger partial charge in [0.05, 0.1) is 31.0 Å². The Labute approximate surface area is 192 Å². The predicted molar refractivity (Wildman–Crippen MR) is 120 cm³/mol. The fourth-order valence-electron chi connectivity index (χ4n) is 5.82. The van der Waals surface area contributed by atoms with E-state index in [1.165, 1.54) is 0 Å². The molecule has 0 aromatic carbocycles. The number of hydrogen-bond acceptors (Lipinski definition) is 8. The Balaban J connectivity index is 1.80. The second-order valence-electron chi connectivity index (χ2n) is 10.2. The first-order valence-corrected chi connectivity index (χ1v) is 12.6. The van der Waals surface area contributed by atoms with Crippen LogP contribution in [0.2, 0.25) is 0 Å². The smallest absolute Gasteiger partial charge is 0.184 e. The average Bonchev–Trinajstić information content (AvgIpc) is 2.77. The van der Waals surface area contributed by atoms with Crippen LogP contribution in [-0.2, 0) is 14.2 Å². The van der Waals surface area contributed by atoms with Gasteiger partial charge in [-0.2, -0.15) is 0 Å². The number of hydrogen-bond donors (Lipinski definition) is 5. The molecule has 0 aromatic rings.